The van der Waals surface area contributed by atoms with Crippen molar-refractivity contribution < 1.29 is 4.79 Å². The molecule has 1 unspecified atom stereocenters. The molecule has 9 nitrogen and oxygen atoms in total. The van der Waals surface area contributed by atoms with Gasteiger partial charge in [0.2, 0.25) is 5.91 Å². The second kappa shape index (κ2) is 7.84. The molecule has 0 saturated carbocycles. The molecule has 160 valence electrons. The number of benzene rings is 1. The van der Waals surface area contributed by atoms with Gasteiger partial charge in [-0.15, -0.1) is 10.2 Å². The number of nitrogens with zero attached hydrogens (tertiary/aromatic N) is 8. The molecular weight excluding hydrogens is 404 g/mol. The number of carbonyl (C=O) groups is 1. The number of likely N-dealkylation sites (N-methyl/N-ethyl adjacent to an activating group) is 1. The molecule has 5 rings (SSSR count). The van der Waals surface area contributed by atoms with Gasteiger partial charge < -0.3 is 4.90 Å². The Hall–Kier alpha value is -4.14. The minimum absolute atomic E-state index is 0.0159. The number of aromatic nitrogens is 7. The maximum Gasteiger partial charge on any atom is 0.243 e. The number of carbonyl (C=O) groups excluding carboxylic acids is 1. The van der Waals surface area contributed by atoms with E-state index in [1.165, 1.54) is 0 Å². The van der Waals surface area contributed by atoms with Crippen molar-refractivity contribution in [2.24, 2.45) is 0 Å². The normalized spacial score (nSPS) is 12.3. The Labute approximate surface area is 184 Å². The molecule has 0 aliphatic carbocycles. The predicted octanol–water partition coefficient (Wildman–Crippen LogP) is 2.78. The van der Waals surface area contributed by atoms with Gasteiger partial charge in [0.25, 0.3) is 0 Å². The van der Waals surface area contributed by atoms with Crippen molar-refractivity contribution in [2.75, 3.05) is 14.1 Å². The van der Waals surface area contributed by atoms with E-state index in [4.69, 9.17) is 5.10 Å². The summed E-state index contributed by atoms with van der Waals surface area (Å²) in [5.41, 5.74) is 4.30. The maximum absolute atomic E-state index is 12.0. The molecule has 9 heteroatoms. The Bertz CT molecular complexity index is 1430. The number of hydrogen-bond acceptors (Lipinski definition) is 6. The fourth-order valence-corrected chi connectivity index (χ4v) is 3.60. The fourth-order valence-electron chi connectivity index (χ4n) is 3.60. The van der Waals surface area contributed by atoms with E-state index in [1.54, 1.807) is 40.6 Å². The highest BCUT2D eigenvalue weighted by Gasteiger charge is 2.18. The average molecular weight is 426 g/mol. The summed E-state index contributed by atoms with van der Waals surface area (Å²) in [7, 11) is 3.45. The van der Waals surface area contributed by atoms with Crippen molar-refractivity contribution in [2.45, 2.75) is 19.4 Å². The first-order valence-electron chi connectivity index (χ1n) is 10.3. The average Bonchev–Trinajstić information content (AvgIpc) is 3.44. The lowest BCUT2D eigenvalue weighted by Gasteiger charge is -2.11. The molecule has 4 heterocycles. The Morgan fingerprint density at radius 3 is 2.84 bits per heavy atom. The summed E-state index contributed by atoms with van der Waals surface area (Å²) in [5, 5.41) is 18.9. The van der Waals surface area contributed by atoms with Crippen LogP contribution < -0.4 is 0 Å². The Morgan fingerprint density at radius 2 is 2.00 bits per heavy atom. The van der Waals surface area contributed by atoms with Gasteiger partial charge in [-0.3, -0.25) is 14.5 Å². The standard InChI is InChI=1S/C23H22N8O/c1-15(16-6-7-19-17(11-16)5-4-10-24-19)23-27-26-21-9-8-20(28-31(21)23)18-12-25-30(13-18)14-22(32)29(2)3/h4-13,15H,14H2,1-3H3. The zero-order valence-electron chi connectivity index (χ0n) is 18.0. The molecule has 0 spiro atoms. The summed E-state index contributed by atoms with van der Waals surface area (Å²) in [5.74, 6) is 0.710. The molecule has 0 aliphatic heterocycles. The van der Waals surface area contributed by atoms with Crippen molar-refractivity contribution >= 4 is 22.5 Å². The van der Waals surface area contributed by atoms with Crippen LogP contribution in [-0.4, -0.2) is 59.5 Å². The third kappa shape index (κ3) is 3.58. The summed E-state index contributed by atoms with van der Waals surface area (Å²) in [6, 6.07) is 14.0. The van der Waals surface area contributed by atoms with Gasteiger partial charge in [0, 0.05) is 43.4 Å². The number of amides is 1. The fraction of sp³-hybridized carbons (Fsp3) is 0.217. The highest BCUT2D eigenvalue weighted by molar-refractivity contribution is 5.79. The third-order valence-electron chi connectivity index (χ3n) is 5.53. The van der Waals surface area contributed by atoms with Crippen LogP contribution in [0.5, 0.6) is 0 Å². The lowest BCUT2D eigenvalue weighted by molar-refractivity contribution is -0.129. The minimum atomic E-state index is -0.0245. The predicted molar refractivity (Wildman–Crippen MR) is 120 cm³/mol. The van der Waals surface area contributed by atoms with E-state index in [2.05, 4.69) is 45.4 Å². The molecular formula is C23H22N8O. The summed E-state index contributed by atoms with van der Waals surface area (Å²) in [4.78, 5) is 17.9. The smallest absolute Gasteiger partial charge is 0.243 e. The van der Waals surface area contributed by atoms with Crippen molar-refractivity contribution in [3.63, 3.8) is 0 Å². The van der Waals surface area contributed by atoms with Gasteiger partial charge in [-0.05, 0) is 35.9 Å². The second-order valence-electron chi connectivity index (χ2n) is 7.94. The highest BCUT2D eigenvalue weighted by Crippen LogP contribution is 2.26. The number of fused-ring (bicyclic) bond motifs is 2. The first-order valence-corrected chi connectivity index (χ1v) is 10.3. The van der Waals surface area contributed by atoms with Crippen LogP contribution in [0, 0.1) is 0 Å². The summed E-state index contributed by atoms with van der Waals surface area (Å²) >= 11 is 0. The molecule has 0 N–H and O–H groups in total. The van der Waals surface area contributed by atoms with Crippen LogP contribution in [0.15, 0.2) is 61.1 Å². The Balaban J connectivity index is 1.48. The lowest BCUT2D eigenvalue weighted by Crippen LogP contribution is -2.26. The van der Waals surface area contributed by atoms with Crippen molar-refractivity contribution in [3.05, 3.63) is 72.4 Å². The van der Waals surface area contributed by atoms with E-state index in [9.17, 15) is 4.79 Å². The zero-order chi connectivity index (χ0) is 22.2. The van der Waals surface area contributed by atoms with Crippen LogP contribution in [0.3, 0.4) is 0 Å². The molecule has 0 saturated heterocycles. The molecule has 0 aliphatic rings. The van der Waals surface area contributed by atoms with Crippen molar-refractivity contribution in [1.82, 2.24) is 39.5 Å². The molecule has 0 bridgehead atoms. The Kier molecular flexibility index (Phi) is 4.85. The molecule has 4 aromatic heterocycles. The topological polar surface area (TPSA) is 94.1 Å². The van der Waals surface area contributed by atoms with Crippen LogP contribution in [0.2, 0.25) is 0 Å². The van der Waals surface area contributed by atoms with E-state index in [0.29, 0.717) is 5.65 Å². The summed E-state index contributed by atoms with van der Waals surface area (Å²) in [6.45, 7) is 2.27. The molecule has 0 fully saturated rings. The van der Waals surface area contributed by atoms with Crippen LogP contribution in [0.25, 0.3) is 27.8 Å². The summed E-state index contributed by atoms with van der Waals surface area (Å²) < 4.78 is 3.39. The number of hydrogen-bond donors (Lipinski definition) is 0. The minimum Gasteiger partial charge on any atom is -0.347 e. The van der Waals surface area contributed by atoms with Crippen molar-refractivity contribution in [3.8, 4) is 11.3 Å². The van der Waals surface area contributed by atoms with Crippen LogP contribution >= 0.6 is 0 Å². The monoisotopic (exact) mass is 426 g/mol. The van der Waals surface area contributed by atoms with Gasteiger partial charge in [-0.1, -0.05) is 19.1 Å². The van der Waals surface area contributed by atoms with E-state index in [-0.39, 0.29) is 18.4 Å². The lowest BCUT2D eigenvalue weighted by atomic mass is 9.98. The van der Waals surface area contributed by atoms with Gasteiger partial charge in [0.05, 0.1) is 17.4 Å². The van der Waals surface area contributed by atoms with E-state index >= 15 is 0 Å². The van der Waals surface area contributed by atoms with E-state index in [0.717, 1.165) is 33.5 Å². The zero-order valence-corrected chi connectivity index (χ0v) is 18.0. The summed E-state index contributed by atoms with van der Waals surface area (Å²) in [6.07, 6.45) is 5.32. The van der Waals surface area contributed by atoms with Crippen LogP contribution in [0.1, 0.15) is 24.2 Å². The first kappa shape index (κ1) is 19.8. The highest BCUT2D eigenvalue weighted by atomic mass is 16.2. The van der Waals surface area contributed by atoms with Gasteiger partial charge in [-0.2, -0.15) is 14.7 Å². The quantitative estimate of drug-likeness (QED) is 0.429. The van der Waals surface area contributed by atoms with E-state index in [1.807, 2.05) is 30.5 Å². The van der Waals surface area contributed by atoms with Gasteiger partial charge >= 0.3 is 0 Å². The van der Waals surface area contributed by atoms with Gasteiger partial charge in [0.1, 0.15) is 6.54 Å². The third-order valence-corrected chi connectivity index (χ3v) is 5.53. The Morgan fingerprint density at radius 1 is 1.12 bits per heavy atom. The molecule has 1 atom stereocenters. The van der Waals surface area contributed by atoms with E-state index < -0.39 is 0 Å². The maximum atomic E-state index is 12.0. The molecule has 5 aromatic rings. The van der Waals surface area contributed by atoms with Gasteiger partial charge in [0.15, 0.2) is 11.5 Å². The molecule has 1 aromatic carbocycles. The number of rotatable bonds is 5. The molecule has 1 amide bonds. The number of pyridine rings is 1. The second-order valence-corrected chi connectivity index (χ2v) is 7.94. The first-order chi connectivity index (χ1) is 15.5. The van der Waals surface area contributed by atoms with Crippen LogP contribution in [0.4, 0.5) is 0 Å². The van der Waals surface area contributed by atoms with Crippen LogP contribution in [-0.2, 0) is 11.3 Å². The van der Waals surface area contributed by atoms with Crippen molar-refractivity contribution in [1.29, 1.82) is 0 Å². The molecule has 0 radical (unpaired) electrons. The SMILES string of the molecule is CC(c1ccc2ncccc2c1)c1nnc2ccc(-c3cnn(CC(=O)N(C)C)c3)nn12. The van der Waals surface area contributed by atoms with Gasteiger partial charge in [-0.25, -0.2) is 0 Å². The molecule has 32 heavy (non-hydrogen) atoms. The largest absolute Gasteiger partial charge is 0.347 e.